The van der Waals surface area contributed by atoms with Gasteiger partial charge in [0.2, 0.25) is 0 Å². The van der Waals surface area contributed by atoms with Gasteiger partial charge >= 0.3 is 6.09 Å². The monoisotopic (exact) mass is 361 g/mol. The standard InChI is InChI=1S/C20H31N3O3/c1-17-5-2-3-10-21(17)11-4-16-26-19-8-6-18(7-9-19)22-12-14-23(15-13-22)20(24)25/h6-9,17H,2-5,10-16H2,1H3,(H,24,25). The maximum absolute atomic E-state index is 11.0. The summed E-state index contributed by atoms with van der Waals surface area (Å²) in [5, 5.41) is 9.02. The Morgan fingerprint density at radius 2 is 1.85 bits per heavy atom. The Bertz CT molecular complexity index is 570. The summed E-state index contributed by atoms with van der Waals surface area (Å²) in [5.74, 6) is 0.907. The Kier molecular flexibility index (Phi) is 6.61. The Hall–Kier alpha value is -1.95. The Balaban J connectivity index is 1.38. The molecule has 2 aliphatic rings. The summed E-state index contributed by atoms with van der Waals surface area (Å²) < 4.78 is 5.89. The average Bonchev–Trinajstić information content (AvgIpc) is 2.67. The third-order valence-corrected chi connectivity index (χ3v) is 5.55. The molecule has 3 rings (SSSR count). The number of piperidine rings is 1. The van der Waals surface area contributed by atoms with Crippen LogP contribution in [0, 0.1) is 0 Å². The fourth-order valence-corrected chi connectivity index (χ4v) is 3.86. The van der Waals surface area contributed by atoms with Crippen molar-refractivity contribution in [1.29, 1.82) is 0 Å². The molecule has 1 aromatic carbocycles. The number of ether oxygens (including phenoxy) is 1. The maximum Gasteiger partial charge on any atom is 0.407 e. The highest BCUT2D eigenvalue weighted by Crippen LogP contribution is 2.21. The molecule has 1 unspecified atom stereocenters. The van der Waals surface area contributed by atoms with Gasteiger partial charge in [-0.15, -0.1) is 0 Å². The zero-order valence-electron chi connectivity index (χ0n) is 15.8. The fraction of sp³-hybridized carbons (Fsp3) is 0.650. The van der Waals surface area contributed by atoms with E-state index in [2.05, 4.69) is 28.9 Å². The van der Waals surface area contributed by atoms with Gasteiger partial charge in [-0.1, -0.05) is 6.42 Å². The number of carboxylic acid groups (broad SMARTS) is 1. The van der Waals surface area contributed by atoms with E-state index in [1.165, 1.54) is 30.7 Å². The van der Waals surface area contributed by atoms with Crippen LogP contribution in [0.25, 0.3) is 0 Å². The number of rotatable bonds is 6. The van der Waals surface area contributed by atoms with Crippen LogP contribution in [0.15, 0.2) is 24.3 Å². The first kappa shape index (κ1) is 18.8. The maximum atomic E-state index is 11.0. The second kappa shape index (κ2) is 9.12. The number of nitrogens with zero attached hydrogens (tertiary/aromatic N) is 3. The number of carbonyl (C=O) groups is 1. The quantitative estimate of drug-likeness (QED) is 0.789. The summed E-state index contributed by atoms with van der Waals surface area (Å²) in [5.41, 5.74) is 1.13. The predicted octanol–water partition coefficient (Wildman–Crippen LogP) is 3.13. The predicted molar refractivity (Wildman–Crippen MR) is 103 cm³/mol. The molecule has 0 aliphatic carbocycles. The van der Waals surface area contributed by atoms with Gasteiger partial charge in [-0.05, 0) is 57.0 Å². The Morgan fingerprint density at radius 3 is 2.50 bits per heavy atom. The lowest BCUT2D eigenvalue weighted by Crippen LogP contribution is -2.48. The first-order valence-corrected chi connectivity index (χ1v) is 9.83. The number of hydrogen-bond donors (Lipinski definition) is 1. The van der Waals surface area contributed by atoms with Crippen LogP contribution in [-0.4, -0.2) is 72.9 Å². The first-order valence-electron chi connectivity index (χ1n) is 9.83. The highest BCUT2D eigenvalue weighted by Gasteiger charge is 2.20. The summed E-state index contributed by atoms with van der Waals surface area (Å²) in [4.78, 5) is 17.2. The van der Waals surface area contributed by atoms with Crippen molar-refractivity contribution in [3.63, 3.8) is 0 Å². The summed E-state index contributed by atoms with van der Waals surface area (Å²) in [6, 6.07) is 8.88. The number of benzene rings is 1. The van der Waals surface area contributed by atoms with Crippen LogP contribution in [0.2, 0.25) is 0 Å². The van der Waals surface area contributed by atoms with E-state index in [4.69, 9.17) is 9.84 Å². The van der Waals surface area contributed by atoms with E-state index >= 15 is 0 Å². The minimum Gasteiger partial charge on any atom is -0.494 e. The van der Waals surface area contributed by atoms with E-state index in [0.29, 0.717) is 19.1 Å². The van der Waals surface area contributed by atoms with Gasteiger partial charge in [0.25, 0.3) is 0 Å². The summed E-state index contributed by atoms with van der Waals surface area (Å²) >= 11 is 0. The normalized spacial score (nSPS) is 21.7. The van der Waals surface area contributed by atoms with E-state index in [1.807, 2.05) is 12.1 Å². The molecule has 0 spiro atoms. The van der Waals surface area contributed by atoms with Crippen LogP contribution in [0.5, 0.6) is 5.75 Å². The number of anilines is 1. The molecule has 0 aromatic heterocycles. The van der Waals surface area contributed by atoms with E-state index in [0.717, 1.165) is 44.1 Å². The number of piperazine rings is 1. The van der Waals surface area contributed by atoms with Gasteiger partial charge in [0.15, 0.2) is 0 Å². The molecule has 26 heavy (non-hydrogen) atoms. The van der Waals surface area contributed by atoms with Crippen LogP contribution in [-0.2, 0) is 0 Å². The molecule has 0 bridgehead atoms. The van der Waals surface area contributed by atoms with E-state index in [-0.39, 0.29) is 0 Å². The zero-order chi connectivity index (χ0) is 18.4. The van der Waals surface area contributed by atoms with Gasteiger partial charge in [0.1, 0.15) is 5.75 Å². The molecule has 2 heterocycles. The molecule has 0 radical (unpaired) electrons. The SMILES string of the molecule is CC1CCCCN1CCCOc1ccc(N2CCN(C(=O)O)CC2)cc1. The van der Waals surface area contributed by atoms with Crippen LogP contribution in [0.3, 0.4) is 0 Å². The number of hydrogen-bond acceptors (Lipinski definition) is 4. The van der Waals surface area contributed by atoms with Crippen molar-refractivity contribution in [2.24, 2.45) is 0 Å². The van der Waals surface area contributed by atoms with Crippen LogP contribution < -0.4 is 9.64 Å². The van der Waals surface area contributed by atoms with Crippen molar-refractivity contribution >= 4 is 11.8 Å². The van der Waals surface area contributed by atoms with Gasteiger partial charge in [-0.3, -0.25) is 0 Å². The molecule has 144 valence electrons. The lowest BCUT2D eigenvalue weighted by Gasteiger charge is -2.34. The van der Waals surface area contributed by atoms with E-state index in [9.17, 15) is 4.79 Å². The third-order valence-electron chi connectivity index (χ3n) is 5.55. The van der Waals surface area contributed by atoms with Crippen molar-refractivity contribution < 1.29 is 14.6 Å². The lowest BCUT2D eigenvalue weighted by atomic mass is 10.0. The van der Waals surface area contributed by atoms with Gasteiger partial charge in [0.05, 0.1) is 6.61 Å². The molecule has 1 aromatic rings. The fourth-order valence-electron chi connectivity index (χ4n) is 3.86. The molecular weight excluding hydrogens is 330 g/mol. The summed E-state index contributed by atoms with van der Waals surface area (Å²) in [6.07, 6.45) is 4.25. The molecule has 6 heteroatoms. The topological polar surface area (TPSA) is 56.2 Å². The number of likely N-dealkylation sites (tertiary alicyclic amines) is 1. The highest BCUT2D eigenvalue weighted by molar-refractivity contribution is 5.65. The van der Waals surface area contributed by atoms with Crippen molar-refractivity contribution in [3.8, 4) is 5.75 Å². The molecule has 1 N–H and O–H groups in total. The van der Waals surface area contributed by atoms with Gasteiger partial charge < -0.3 is 24.5 Å². The van der Waals surface area contributed by atoms with Crippen LogP contribution >= 0.6 is 0 Å². The van der Waals surface area contributed by atoms with Crippen LogP contribution in [0.1, 0.15) is 32.6 Å². The van der Waals surface area contributed by atoms with E-state index in [1.54, 1.807) is 0 Å². The third kappa shape index (κ3) is 5.04. The van der Waals surface area contributed by atoms with Gasteiger partial charge in [0, 0.05) is 44.5 Å². The summed E-state index contributed by atoms with van der Waals surface area (Å²) in [7, 11) is 0. The summed E-state index contributed by atoms with van der Waals surface area (Å²) in [6.45, 7) is 8.01. The number of amides is 1. The molecule has 2 aliphatic heterocycles. The molecule has 2 fully saturated rings. The molecule has 1 atom stereocenters. The lowest BCUT2D eigenvalue weighted by molar-refractivity contribution is 0.142. The second-order valence-corrected chi connectivity index (χ2v) is 7.33. The zero-order valence-corrected chi connectivity index (χ0v) is 15.8. The average molecular weight is 361 g/mol. The van der Waals surface area contributed by atoms with Crippen molar-refractivity contribution in [3.05, 3.63) is 24.3 Å². The van der Waals surface area contributed by atoms with Gasteiger partial charge in [-0.2, -0.15) is 0 Å². The Morgan fingerprint density at radius 1 is 1.12 bits per heavy atom. The molecule has 0 saturated carbocycles. The molecule has 2 saturated heterocycles. The molecular formula is C20H31N3O3. The van der Waals surface area contributed by atoms with Gasteiger partial charge in [-0.25, -0.2) is 4.79 Å². The van der Waals surface area contributed by atoms with Crippen molar-refractivity contribution in [2.75, 3.05) is 50.8 Å². The highest BCUT2D eigenvalue weighted by atomic mass is 16.5. The largest absolute Gasteiger partial charge is 0.494 e. The van der Waals surface area contributed by atoms with Crippen molar-refractivity contribution in [1.82, 2.24) is 9.80 Å². The van der Waals surface area contributed by atoms with E-state index < -0.39 is 6.09 Å². The minimum absolute atomic E-state index is 0.558. The second-order valence-electron chi connectivity index (χ2n) is 7.33. The molecule has 6 nitrogen and oxygen atoms in total. The minimum atomic E-state index is -0.827. The Labute approximate surface area is 156 Å². The smallest absolute Gasteiger partial charge is 0.407 e. The van der Waals surface area contributed by atoms with Crippen molar-refractivity contribution in [2.45, 2.75) is 38.6 Å². The molecule has 1 amide bonds. The first-order chi connectivity index (χ1) is 12.6. The van der Waals surface area contributed by atoms with Crippen LogP contribution in [0.4, 0.5) is 10.5 Å².